The molecule has 104 valence electrons. The molecule has 2 aromatic rings. The van der Waals surface area contributed by atoms with Crippen LogP contribution in [-0.2, 0) is 11.2 Å². The van der Waals surface area contributed by atoms with Crippen molar-refractivity contribution in [3.05, 3.63) is 42.2 Å². The normalized spacial score (nSPS) is 17.4. The molecule has 0 bridgehead atoms. The van der Waals surface area contributed by atoms with Crippen LogP contribution in [0.2, 0.25) is 0 Å². The first-order valence-electron chi connectivity index (χ1n) is 7.35. The first kappa shape index (κ1) is 13.3. The van der Waals surface area contributed by atoms with Crippen LogP contribution in [0.4, 0.5) is 0 Å². The summed E-state index contributed by atoms with van der Waals surface area (Å²) in [4.78, 5) is 16.4. The second-order valence-corrected chi connectivity index (χ2v) is 5.77. The predicted octanol–water partition coefficient (Wildman–Crippen LogP) is 2.86. The van der Waals surface area contributed by atoms with Gasteiger partial charge < -0.3 is 5.73 Å². The Balaban J connectivity index is 1.73. The number of hydrogen-bond acceptors (Lipinski definition) is 3. The minimum Gasteiger partial charge on any atom is -0.321 e. The first-order valence-corrected chi connectivity index (χ1v) is 7.35. The molecule has 1 aliphatic carbocycles. The maximum Gasteiger partial charge on any atom is 0.154 e. The maximum atomic E-state index is 12.3. The lowest BCUT2D eigenvalue weighted by Crippen LogP contribution is -2.38. The van der Waals surface area contributed by atoms with Gasteiger partial charge in [-0.3, -0.25) is 9.78 Å². The van der Waals surface area contributed by atoms with Gasteiger partial charge in [0.15, 0.2) is 5.78 Å². The van der Waals surface area contributed by atoms with Gasteiger partial charge in [-0.1, -0.05) is 25.0 Å². The zero-order valence-electron chi connectivity index (χ0n) is 11.6. The van der Waals surface area contributed by atoms with Crippen molar-refractivity contribution in [2.45, 2.75) is 38.1 Å². The zero-order valence-corrected chi connectivity index (χ0v) is 11.6. The Morgan fingerprint density at radius 1 is 1.25 bits per heavy atom. The molecule has 0 saturated heterocycles. The topological polar surface area (TPSA) is 56.0 Å². The number of ketones is 1. The van der Waals surface area contributed by atoms with Crippen LogP contribution >= 0.6 is 0 Å². The SMILES string of the molecule is N[C@@H](C(=O)Cc1ccc2ccncc2c1)C1CCCC1. The molecular formula is C17H20N2O. The smallest absolute Gasteiger partial charge is 0.154 e. The number of nitrogens with zero attached hydrogens (tertiary/aromatic N) is 1. The average molecular weight is 268 g/mol. The predicted molar refractivity (Wildman–Crippen MR) is 80.4 cm³/mol. The summed E-state index contributed by atoms with van der Waals surface area (Å²) in [5.41, 5.74) is 7.15. The van der Waals surface area contributed by atoms with Gasteiger partial charge in [-0.05, 0) is 41.8 Å². The molecule has 0 unspecified atom stereocenters. The van der Waals surface area contributed by atoms with E-state index in [1.54, 1.807) is 6.20 Å². The zero-order chi connectivity index (χ0) is 13.9. The van der Waals surface area contributed by atoms with Gasteiger partial charge in [-0.15, -0.1) is 0 Å². The summed E-state index contributed by atoms with van der Waals surface area (Å²) in [6.07, 6.45) is 8.69. The van der Waals surface area contributed by atoms with E-state index in [2.05, 4.69) is 4.98 Å². The van der Waals surface area contributed by atoms with Crippen molar-refractivity contribution in [3.8, 4) is 0 Å². The van der Waals surface area contributed by atoms with E-state index in [0.29, 0.717) is 12.3 Å². The fourth-order valence-electron chi connectivity index (χ4n) is 3.14. The highest BCUT2D eigenvalue weighted by atomic mass is 16.1. The summed E-state index contributed by atoms with van der Waals surface area (Å²) in [7, 11) is 0. The van der Waals surface area contributed by atoms with Crippen molar-refractivity contribution in [1.29, 1.82) is 0 Å². The Labute approximate surface area is 119 Å². The highest BCUT2D eigenvalue weighted by Gasteiger charge is 2.27. The minimum absolute atomic E-state index is 0.167. The lowest BCUT2D eigenvalue weighted by molar-refractivity contribution is -0.120. The van der Waals surface area contributed by atoms with E-state index in [1.807, 2.05) is 30.5 Å². The van der Waals surface area contributed by atoms with E-state index in [9.17, 15) is 4.79 Å². The van der Waals surface area contributed by atoms with Gasteiger partial charge in [0.1, 0.15) is 0 Å². The third kappa shape index (κ3) is 2.73. The number of nitrogens with two attached hydrogens (primary N) is 1. The van der Waals surface area contributed by atoms with Crippen molar-refractivity contribution in [1.82, 2.24) is 4.98 Å². The quantitative estimate of drug-likeness (QED) is 0.927. The molecule has 0 aliphatic heterocycles. The molecule has 2 N–H and O–H groups in total. The van der Waals surface area contributed by atoms with Crippen molar-refractivity contribution < 1.29 is 4.79 Å². The first-order chi connectivity index (χ1) is 9.74. The van der Waals surface area contributed by atoms with Gasteiger partial charge in [0.2, 0.25) is 0 Å². The van der Waals surface area contributed by atoms with E-state index in [0.717, 1.165) is 29.2 Å². The Bertz CT molecular complexity index is 617. The van der Waals surface area contributed by atoms with Crippen LogP contribution in [0.1, 0.15) is 31.2 Å². The molecule has 3 heteroatoms. The number of hydrogen-bond donors (Lipinski definition) is 1. The molecule has 0 spiro atoms. The van der Waals surface area contributed by atoms with E-state index < -0.39 is 0 Å². The fourth-order valence-corrected chi connectivity index (χ4v) is 3.14. The standard InChI is InChI=1S/C17H20N2O/c18-17(14-3-1-2-4-14)16(20)10-12-5-6-13-7-8-19-11-15(13)9-12/h5-9,11,14,17H,1-4,10,18H2/t17-/m1/s1. The molecule has 1 aromatic heterocycles. The Kier molecular flexibility index (Phi) is 3.79. The van der Waals surface area contributed by atoms with Crippen LogP contribution in [0.5, 0.6) is 0 Å². The highest BCUT2D eigenvalue weighted by molar-refractivity contribution is 5.88. The lowest BCUT2D eigenvalue weighted by atomic mass is 9.92. The Hall–Kier alpha value is -1.74. The number of Topliss-reactive ketones (excluding diaryl/α,β-unsaturated/α-hetero) is 1. The van der Waals surface area contributed by atoms with Crippen molar-refractivity contribution in [2.75, 3.05) is 0 Å². The molecule has 0 radical (unpaired) electrons. The van der Waals surface area contributed by atoms with Crippen LogP contribution in [0.25, 0.3) is 10.8 Å². The van der Waals surface area contributed by atoms with Gasteiger partial charge in [0.05, 0.1) is 6.04 Å². The average Bonchev–Trinajstić information content (AvgIpc) is 3.00. The Morgan fingerprint density at radius 2 is 2.05 bits per heavy atom. The molecule has 3 nitrogen and oxygen atoms in total. The molecule has 20 heavy (non-hydrogen) atoms. The van der Waals surface area contributed by atoms with Gasteiger partial charge in [0, 0.05) is 24.2 Å². The fraction of sp³-hybridized carbons (Fsp3) is 0.412. The largest absolute Gasteiger partial charge is 0.321 e. The highest BCUT2D eigenvalue weighted by Crippen LogP contribution is 2.27. The number of carbonyl (C=O) groups excluding carboxylic acids is 1. The molecule has 1 aliphatic rings. The maximum absolute atomic E-state index is 12.3. The second kappa shape index (κ2) is 5.71. The van der Waals surface area contributed by atoms with Crippen LogP contribution < -0.4 is 5.73 Å². The number of benzene rings is 1. The molecule has 1 aromatic carbocycles. The van der Waals surface area contributed by atoms with Crippen LogP contribution in [-0.4, -0.2) is 16.8 Å². The summed E-state index contributed by atoms with van der Waals surface area (Å²) < 4.78 is 0. The van der Waals surface area contributed by atoms with Crippen molar-refractivity contribution in [3.63, 3.8) is 0 Å². The molecule has 1 heterocycles. The van der Waals surface area contributed by atoms with E-state index in [1.165, 1.54) is 12.8 Å². The summed E-state index contributed by atoms with van der Waals surface area (Å²) in [6, 6.07) is 7.79. The van der Waals surface area contributed by atoms with Crippen molar-refractivity contribution >= 4 is 16.6 Å². The number of fused-ring (bicyclic) bond motifs is 1. The number of rotatable bonds is 4. The van der Waals surface area contributed by atoms with Gasteiger partial charge in [-0.25, -0.2) is 0 Å². The minimum atomic E-state index is -0.290. The summed E-state index contributed by atoms with van der Waals surface area (Å²) in [5.74, 6) is 0.560. The van der Waals surface area contributed by atoms with Crippen LogP contribution in [0.15, 0.2) is 36.7 Å². The van der Waals surface area contributed by atoms with Gasteiger partial charge >= 0.3 is 0 Å². The van der Waals surface area contributed by atoms with Crippen LogP contribution in [0, 0.1) is 5.92 Å². The number of aromatic nitrogens is 1. The van der Waals surface area contributed by atoms with Crippen molar-refractivity contribution in [2.24, 2.45) is 11.7 Å². The lowest BCUT2D eigenvalue weighted by Gasteiger charge is -2.17. The molecule has 3 rings (SSSR count). The summed E-state index contributed by atoms with van der Waals surface area (Å²) in [6.45, 7) is 0. The van der Waals surface area contributed by atoms with E-state index >= 15 is 0 Å². The van der Waals surface area contributed by atoms with E-state index in [-0.39, 0.29) is 11.8 Å². The molecular weight excluding hydrogens is 248 g/mol. The monoisotopic (exact) mass is 268 g/mol. The second-order valence-electron chi connectivity index (χ2n) is 5.77. The third-order valence-corrected chi connectivity index (χ3v) is 4.36. The molecule has 1 saturated carbocycles. The summed E-state index contributed by atoms with van der Waals surface area (Å²) in [5, 5.41) is 2.23. The molecule has 1 fully saturated rings. The number of carbonyl (C=O) groups is 1. The van der Waals surface area contributed by atoms with E-state index in [4.69, 9.17) is 5.73 Å². The van der Waals surface area contributed by atoms with Crippen LogP contribution in [0.3, 0.4) is 0 Å². The molecule has 0 amide bonds. The summed E-state index contributed by atoms with van der Waals surface area (Å²) >= 11 is 0. The number of pyridine rings is 1. The van der Waals surface area contributed by atoms with Gasteiger partial charge in [0.25, 0.3) is 0 Å². The Morgan fingerprint density at radius 3 is 2.85 bits per heavy atom. The third-order valence-electron chi connectivity index (χ3n) is 4.36. The molecule has 1 atom stereocenters. The van der Waals surface area contributed by atoms with Gasteiger partial charge in [-0.2, -0.15) is 0 Å².